The van der Waals surface area contributed by atoms with E-state index in [0.29, 0.717) is 16.7 Å². The van der Waals surface area contributed by atoms with Crippen LogP contribution in [-0.4, -0.2) is 31.4 Å². The van der Waals surface area contributed by atoms with Crippen molar-refractivity contribution in [2.75, 3.05) is 19.5 Å². The number of methoxy groups -OCH3 is 1. The Hall–Kier alpha value is -3.87. The molecular formula is C22H19NO6. The van der Waals surface area contributed by atoms with Crippen molar-refractivity contribution < 1.29 is 28.3 Å². The maximum atomic E-state index is 13.2. The molecule has 0 atom stereocenters. The SMILES string of the molecule is CCOC(=O)c1c(N)oc(-c2ccc(C(=O)OC)cc2)c1C(=O)c1ccccc1. The minimum Gasteiger partial charge on any atom is -0.465 e. The Morgan fingerprint density at radius 2 is 1.55 bits per heavy atom. The van der Waals surface area contributed by atoms with E-state index >= 15 is 0 Å². The Morgan fingerprint density at radius 3 is 2.14 bits per heavy atom. The molecule has 0 saturated carbocycles. The zero-order valence-corrected chi connectivity index (χ0v) is 15.9. The highest BCUT2D eigenvalue weighted by molar-refractivity contribution is 6.19. The lowest BCUT2D eigenvalue weighted by molar-refractivity contribution is 0.0523. The summed E-state index contributed by atoms with van der Waals surface area (Å²) in [4.78, 5) is 37.3. The van der Waals surface area contributed by atoms with Crippen LogP contribution < -0.4 is 5.73 Å². The maximum absolute atomic E-state index is 13.2. The summed E-state index contributed by atoms with van der Waals surface area (Å²) in [7, 11) is 1.28. The molecule has 0 unspecified atom stereocenters. The third-order valence-electron chi connectivity index (χ3n) is 4.25. The van der Waals surface area contributed by atoms with Crippen LogP contribution in [0.1, 0.15) is 43.6 Å². The molecule has 0 aliphatic carbocycles. The molecule has 148 valence electrons. The van der Waals surface area contributed by atoms with Gasteiger partial charge in [0.1, 0.15) is 11.3 Å². The third kappa shape index (κ3) is 3.89. The van der Waals surface area contributed by atoms with E-state index in [2.05, 4.69) is 4.74 Å². The summed E-state index contributed by atoms with van der Waals surface area (Å²) in [5, 5.41) is 0. The third-order valence-corrected chi connectivity index (χ3v) is 4.25. The van der Waals surface area contributed by atoms with Crippen molar-refractivity contribution in [3.8, 4) is 11.3 Å². The Balaban J connectivity index is 2.17. The smallest absolute Gasteiger partial charge is 0.344 e. The molecule has 0 saturated heterocycles. The Kier molecular flexibility index (Phi) is 5.78. The first kappa shape index (κ1) is 19.9. The molecule has 2 N–H and O–H groups in total. The van der Waals surface area contributed by atoms with Gasteiger partial charge in [-0.1, -0.05) is 42.5 Å². The molecule has 7 nitrogen and oxygen atoms in total. The molecule has 3 aromatic rings. The zero-order valence-electron chi connectivity index (χ0n) is 15.9. The van der Waals surface area contributed by atoms with Crippen molar-refractivity contribution in [1.82, 2.24) is 0 Å². The molecular weight excluding hydrogens is 374 g/mol. The molecule has 0 fully saturated rings. The van der Waals surface area contributed by atoms with Gasteiger partial charge in [0.05, 0.1) is 24.8 Å². The second-order valence-corrected chi connectivity index (χ2v) is 6.03. The Morgan fingerprint density at radius 1 is 0.897 bits per heavy atom. The number of anilines is 1. The number of esters is 2. The minimum absolute atomic E-state index is 0.0120. The van der Waals surface area contributed by atoms with E-state index in [-0.39, 0.29) is 29.4 Å². The number of ether oxygens (including phenoxy) is 2. The fourth-order valence-electron chi connectivity index (χ4n) is 2.88. The minimum atomic E-state index is -0.745. The lowest BCUT2D eigenvalue weighted by Crippen LogP contribution is -2.13. The molecule has 29 heavy (non-hydrogen) atoms. The number of ketones is 1. The van der Waals surface area contributed by atoms with Crippen LogP contribution in [-0.2, 0) is 9.47 Å². The summed E-state index contributed by atoms with van der Waals surface area (Å²) >= 11 is 0. The summed E-state index contributed by atoms with van der Waals surface area (Å²) in [5.74, 6) is -1.76. The molecule has 0 radical (unpaired) electrons. The second kappa shape index (κ2) is 8.43. The second-order valence-electron chi connectivity index (χ2n) is 6.03. The molecule has 7 heteroatoms. The van der Waals surface area contributed by atoms with Crippen molar-refractivity contribution in [3.63, 3.8) is 0 Å². The number of hydrogen-bond acceptors (Lipinski definition) is 7. The summed E-state index contributed by atoms with van der Waals surface area (Å²) in [6, 6.07) is 14.7. The predicted molar refractivity (Wildman–Crippen MR) is 106 cm³/mol. The number of rotatable bonds is 6. The summed E-state index contributed by atoms with van der Waals surface area (Å²) in [5.41, 5.74) is 7.00. The molecule has 0 amide bonds. The summed E-state index contributed by atoms with van der Waals surface area (Å²) < 4.78 is 15.4. The van der Waals surface area contributed by atoms with E-state index in [4.69, 9.17) is 14.9 Å². The van der Waals surface area contributed by atoms with Crippen LogP contribution in [0.2, 0.25) is 0 Å². The first-order valence-electron chi connectivity index (χ1n) is 8.85. The van der Waals surface area contributed by atoms with Crippen LogP contribution in [0.4, 0.5) is 5.88 Å². The lowest BCUT2D eigenvalue weighted by Gasteiger charge is -2.06. The molecule has 0 spiro atoms. The van der Waals surface area contributed by atoms with Crippen LogP contribution in [0, 0.1) is 0 Å². The van der Waals surface area contributed by atoms with E-state index in [0.717, 1.165) is 0 Å². The van der Waals surface area contributed by atoms with Gasteiger partial charge in [-0.3, -0.25) is 4.79 Å². The standard InChI is InChI=1S/C22H19NO6/c1-3-28-22(26)17-16(18(24)13-7-5-4-6-8-13)19(29-20(17)23)14-9-11-15(12-10-14)21(25)27-2/h4-12H,3,23H2,1-2H3. The lowest BCUT2D eigenvalue weighted by atomic mass is 9.96. The monoisotopic (exact) mass is 393 g/mol. The first-order valence-corrected chi connectivity index (χ1v) is 8.85. The molecule has 1 aromatic heterocycles. The van der Waals surface area contributed by atoms with Gasteiger partial charge in [-0.05, 0) is 19.1 Å². The number of furan rings is 1. The number of hydrogen-bond donors (Lipinski definition) is 1. The van der Waals surface area contributed by atoms with E-state index in [1.807, 2.05) is 0 Å². The Bertz CT molecular complexity index is 1050. The average molecular weight is 393 g/mol. The first-order chi connectivity index (χ1) is 14.0. The fraction of sp³-hybridized carbons (Fsp3) is 0.136. The highest BCUT2D eigenvalue weighted by Gasteiger charge is 2.31. The van der Waals surface area contributed by atoms with Crippen molar-refractivity contribution in [2.45, 2.75) is 6.92 Å². The normalized spacial score (nSPS) is 10.4. The molecule has 1 heterocycles. The van der Waals surface area contributed by atoms with E-state index < -0.39 is 17.7 Å². The van der Waals surface area contributed by atoms with Gasteiger partial charge in [0.15, 0.2) is 5.78 Å². The largest absolute Gasteiger partial charge is 0.465 e. The van der Waals surface area contributed by atoms with Crippen molar-refractivity contribution in [3.05, 3.63) is 76.9 Å². The number of nitrogen functional groups attached to an aromatic ring is 1. The van der Waals surface area contributed by atoms with Crippen molar-refractivity contribution in [1.29, 1.82) is 0 Å². The topological polar surface area (TPSA) is 109 Å². The van der Waals surface area contributed by atoms with Gasteiger partial charge in [-0.25, -0.2) is 9.59 Å². The van der Waals surface area contributed by atoms with Gasteiger partial charge in [0.25, 0.3) is 0 Å². The number of carbonyl (C=O) groups excluding carboxylic acids is 3. The number of carbonyl (C=O) groups is 3. The van der Waals surface area contributed by atoms with Crippen LogP contribution in [0.5, 0.6) is 0 Å². The quantitative estimate of drug-likeness (QED) is 0.502. The average Bonchev–Trinajstić information content (AvgIpc) is 3.10. The highest BCUT2D eigenvalue weighted by Crippen LogP contribution is 2.35. The summed E-state index contributed by atoms with van der Waals surface area (Å²) in [6.45, 7) is 1.77. The van der Waals surface area contributed by atoms with Gasteiger partial charge >= 0.3 is 11.9 Å². The highest BCUT2D eigenvalue weighted by atomic mass is 16.5. The van der Waals surface area contributed by atoms with E-state index in [9.17, 15) is 14.4 Å². The van der Waals surface area contributed by atoms with Crippen LogP contribution in [0.15, 0.2) is 59.0 Å². The van der Waals surface area contributed by atoms with Crippen LogP contribution in [0.25, 0.3) is 11.3 Å². The zero-order chi connectivity index (χ0) is 21.0. The van der Waals surface area contributed by atoms with Gasteiger partial charge in [-0.2, -0.15) is 0 Å². The van der Waals surface area contributed by atoms with Crippen LogP contribution in [0.3, 0.4) is 0 Å². The molecule has 3 rings (SSSR count). The Labute approximate surface area is 167 Å². The summed E-state index contributed by atoms with van der Waals surface area (Å²) in [6.07, 6.45) is 0. The van der Waals surface area contributed by atoms with Crippen LogP contribution >= 0.6 is 0 Å². The van der Waals surface area contributed by atoms with Gasteiger partial charge in [-0.15, -0.1) is 0 Å². The van der Waals surface area contributed by atoms with Crippen molar-refractivity contribution >= 4 is 23.6 Å². The maximum Gasteiger partial charge on any atom is 0.344 e. The van der Waals surface area contributed by atoms with Gasteiger partial charge < -0.3 is 19.6 Å². The molecule has 2 aromatic carbocycles. The van der Waals surface area contributed by atoms with Gasteiger partial charge in [0, 0.05) is 11.1 Å². The van der Waals surface area contributed by atoms with E-state index in [1.54, 1.807) is 49.4 Å². The van der Waals surface area contributed by atoms with Crippen molar-refractivity contribution in [2.24, 2.45) is 0 Å². The number of nitrogens with two attached hydrogens (primary N) is 1. The van der Waals surface area contributed by atoms with E-state index in [1.165, 1.54) is 19.2 Å². The molecule has 0 bridgehead atoms. The predicted octanol–water partition coefficient (Wildman–Crippen LogP) is 3.72. The van der Waals surface area contributed by atoms with Gasteiger partial charge in [0.2, 0.25) is 5.88 Å². The number of benzene rings is 2. The molecule has 0 aliphatic heterocycles. The fourth-order valence-corrected chi connectivity index (χ4v) is 2.88. The molecule has 0 aliphatic rings.